The average Bonchev–Trinajstić information content (AvgIpc) is 2.57. The number of anilines is 1. The van der Waals surface area contributed by atoms with Gasteiger partial charge in [0.1, 0.15) is 5.75 Å². The van der Waals surface area contributed by atoms with Gasteiger partial charge in [-0.15, -0.1) is 0 Å². The van der Waals surface area contributed by atoms with Crippen LogP contribution in [0.5, 0.6) is 11.5 Å². The van der Waals surface area contributed by atoms with Gasteiger partial charge in [-0.3, -0.25) is 4.79 Å². The molecule has 2 aromatic carbocycles. The highest BCUT2D eigenvalue weighted by atomic mass is 35.5. The molecule has 0 bridgehead atoms. The molecular weight excluding hydrogens is 316 g/mol. The van der Waals surface area contributed by atoms with Gasteiger partial charge in [0.25, 0.3) is 5.91 Å². The van der Waals surface area contributed by atoms with Crippen LogP contribution >= 0.6 is 11.6 Å². The van der Waals surface area contributed by atoms with Gasteiger partial charge in [-0.25, -0.2) is 4.98 Å². The van der Waals surface area contributed by atoms with E-state index in [2.05, 4.69) is 10.3 Å². The van der Waals surface area contributed by atoms with Crippen LogP contribution in [0.15, 0.2) is 54.7 Å². The Balaban J connectivity index is 1.73. The smallest absolute Gasteiger partial charge is 0.263 e. The zero-order chi connectivity index (χ0) is 16.2. The molecule has 0 saturated carbocycles. The van der Waals surface area contributed by atoms with Gasteiger partial charge in [-0.05, 0) is 24.3 Å². The van der Waals surface area contributed by atoms with Gasteiger partial charge in [0, 0.05) is 22.0 Å². The van der Waals surface area contributed by atoms with Crippen molar-refractivity contribution in [3.8, 4) is 11.5 Å². The van der Waals surface area contributed by atoms with Crippen molar-refractivity contribution in [2.24, 2.45) is 0 Å². The van der Waals surface area contributed by atoms with Gasteiger partial charge in [-0.2, -0.15) is 0 Å². The van der Waals surface area contributed by atoms with E-state index >= 15 is 0 Å². The van der Waals surface area contributed by atoms with Crippen molar-refractivity contribution >= 4 is 34.1 Å². The van der Waals surface area contributed by atoms with E-state index in [1.165, 1.54) is 12.3 Å². The maximum absolute atomic E-state index is 11.9. The molecule has 1 aromatic heterocycles. The van der Waals surface area contributed by atoms with Crippen molar-refractivity contribution < 1.29 is 14.6 Å². The van der Waals surface area contributed by atoms with E-state index in [1.807, 2.05) is 24.3 Å². The average molecular weight is 329 g/mol. The van der Waals surface area contributed by atoms with E-state index in [0.29, 0.717) is 10.8 Å². The Morgan fingerprint density at radius 3 is 2.70 bits per heavy atom. The number of fused-ring (bicyclic) bond motifs is 1. The Hall–Kier alpha value is -2.79. The highest BCUT2D eigenvalue weighted by Gasteiger charge is 2.10. The fourth-order valence-electron chi connectivity index (χ4n) is 2.17. The van der Waals surface area contributed by atoms with Crippen LogP contribution in [0.25, 0.3) is 10.8 Å². The molecular formula is C17H13ClN2O3. The van der Waals surface area contributed by atoms with E-state index < -0.39 is 5.91 Å². The summed E-state index contributed by atoms with van der Waals surface area (Å²) in [6.07, 6.45) is 1.48. The van der Waals surface area contributed by atoms with Gasteiger partial charge in [0.05, 0.1) is 0 Å². The lowest BCUT2D eigenvalue weighted by Gasteiger charge is -2.10. The summed E-state index contributed by atoms with van der Waals surface area (Å²) in [5.41, 5.74) is 0. The van der Waals surface area contributed by atoms with Crippen LogP contribution in [0, 0.1) is 0 Å². The molecule has 1 heterocycles. The van der Waals surface area contributed by atoms with E-state index in [0.717, 1.165) is 10.8 Å². The first-order chi connectivity index (χ1) is 11.1. The Labute approximate surface area is 137 Å². The molecule has 0 saturated heterocycles. The summed E-state index contributed by atoms with van der Waals surface area (Å²) in [6.45, 7) is -0.207. The second-order valence-electron chi connectivity index (χ2n) is 4.80. The summed E-state index contributed by atoms with van der Waals surface area (Å²) >= 11 is 6.15. The summed E-state index contributed by atoms with van der Waals surface area (Å²) in [4.78, 5) is 15.8. The lowest BCUT2D eigenvalue weighted by atomic mass is 10.1. The van der Waals surface area contributed by atoms with Crippen LogP contribution < -0.4 is 10.1 Å². The highest BCUT2D eigenvalue weighted by Crippen LogP contribution is 2.31. The van der Waals surface area contributed by atoms with Crippen LogP contribution in [-0.2, 0) is 4.79 Å². The summed E-state index contributed by atoms with van der Waals surface area (Å²) in [7, 11) is 0. The summed E-state index contributed by atoms with van der Waals surface area (Å²) in [6, 6.07) is 14.0. The number of hydrogen-bond acceptors (Lipinski definition) is 4. The third-order valence-electron chi connectivity index (χ3n) is 3.23. The molecule has 0 unspecified atom stereocenters. The zero-order valence-corrected chi connectivity index (χ0v) is 12.7. The lowest BCUT2D eigenvalue weighted by molar-refractivity contribution is -0.118. The Bertz CT molecular complexity index is 867. The van der Waals surface area contributed by atoms with Crippen LogP contribution in [-0.4, -0.2) is 22.6 Å². The monoisotopic (exact) mass is 328 g/mol. The van der Waals surface area contributed by atoms with E-state index in [1.54, 1.807) is 18.2 Å². The summed E-state index contributed by atoms with van der Waals surface area (Å²) in [5, 5.41) is 14.4. The van der Waals surface area contributed by atoms with E-state index in [9.17, 15) is 9.90 Å². The molecule has 5 nitrogen and oxygen atoms in total. The number of carbonyl (C=O) groups is 1. The number of rotatable bonds is 4. The molecule has 3 rings (SSSR count). The predicted molar refractivity (Wildman–Crippen MR) is 89.0 cm³/mol. The minimum atomic E-state index is -0.418. The maximum Gasteiger partial charge on any atom is 0.263 e. The number of amides is 1. The number of hydrogen-bond donors (Lipinski definition) is 2. The number of nitrogens with zero attached hydrogens (tertiary/aromatic N) is 1. The number of aromatic hydroxyl groups is 1. The Morgan fingerprint density at radius 2 is 1.91 bits per heavy atom. The van der Waals surface area contributed by atoms with Gasteiger partial charge in [0.15, 0.2) is 18.2 Å². The molecule has 0 aliphatic rings. The van der Waals surface area contributed by atoms with E-state index in [4.69, 9.17) is 16.3 Å². The van der Waals surface area contributed by atoms with Crippen molar-refractivity contribution in [1.29, 1.82) is 0 Å². The largest absolute Gasteiger partial charge is 0.504 e. The minimum Gasteiger partial charge on any atom is -0.504 e. The van der Waals surface area contributed by atoms with Crippen molar-refractivity contribution in [3.63, 3.8) is 0 Å². The molecule has 1 amide bonds. The van der Waals surface area contributed by atoms with Crippen LogP contribution in [0.4, 0.5) is 5.82 Å². The Morgan fingerprint density at radius 1 is 1.13 bits per heavy atom. The van der Waals surface area contributed by atoms with Crippen LogP contribution in [0.1, 0.15) is 0 Å². The maximum atomic E-state index is 11.9. The number of carbonyl (C=O) groups excluding carboxylic acids is 1. The highest BCUT2D eigenvalue weighted by molar-refractivity contribution is 6.35. The molecule has 6 heteroatoms. The predicted octanol–water partition coefficient (Wildman–Crippen LogP) is 3.61. The number of halogens is 1. The first kappa shape index (κ1) is 15.1. The number of pyridine rings is 1. The topological polar surface area (TPSA) is 71.5 Å². The minimum absolute atomic E-state index is 0.0991. The molecule has 23 heavy (non-hydrogen) atoms. The first-order valence-corrected chi connectivity index (χ1v) is 7.27. The summed E-state index contributed by atoms with van der Waals surface area (Å²) in [5.74, 6) is 0.142. The second kappa shape index (κ2) is 6.54. The molecule has 3 aromatic rings. The molecule has 2 N–H and O–H groups in total. The normalized spacial score (nSPS) is 10.5. The van der Waals surface area contributed by atoms with Gasteiger partial charge in [0.2, 0.25) is 0 Å². The number of aromatic nitrogens is 1. The van der Waals surface area contributed by atoms with Crippen molar-refractivity contribution in [3.05, 3.63) is 59.8 Å². The Kier molecular flexibility index (Phi) is 4.30. The molecule has 0 fully saturated rings. The van der Waals surface area contributed by atoms with Gasteiger partial charge < -0.3 is 15.2 Å². The molecule has 0 spiro atoms. The zero-order valence-electron chi connectivity index (χ0n) is 12.0. The second-order valence-corrected chi connectivity index (χ2v) is 5.21. The van der Waals surface area contributed by atoms with Crippen LogP contribution in [0.3, 0.4) is 0 Å². The molecule has 0 aliphatic heterocycles. The molecule has 0 atom stereocenters. The van der Waals surface area contributed by atoms with E-state index in [-0.39, 0.29) is 18.2 Å². The SMILES string of the molecule is O=C(COc1ccc(Cl)c2ccccc12)Nc1ncccc1O. The lowest BCUT2D eigenvalue weighted by Crippen LogP contribution is -2.20. The fraction of sp³-hybridized carbons (Fsp3) is 0.0588. The van der Waals surface area contributed by atoms with Gasteiger partial charge >= 0.3 is 0 Å². The number of ether oxygens (including phenoxy) is 1. The molecule has 0 aliphatic carbocycles. The number of nitrogens with one attached hydrogen (secondary N) is 1. The third-order valence-corrected chi connectivity index (χ3v) is 3.56. The van der Waals surface area contributed by atoms with Crippen molar-refractivity contribution in [2.75, 3.05) is 11.9 Å². The third kappa shape index (κ3) is 3.35. The number of benzene rings is 2. The van der Waals surface area contributed by atoms with Crippen LogP contribution in [0.2, 0.25) is 5.02 Å². The summed E-state index contributed by atoms with van der Waals surface area (Å²) < 4.78 is 5.57. The first-order valence-electron chi connectivity index (χ1n) is 6.89. The quantitative estimate of drug-likeness (QED) is 0.767. The van der Waals surface area contributed by atoms with Crippen molar-refractivity contribution in [1.82, 2.24) is 4.98 Å². The fourth-order valence-corrected chi connectivity index (χ4v) is 2.39. The molecule has 0 radical (unpaired) electrons. The van der Waals surface area contributed by atoms with Crippen molar-refractivity contribution in [2.45, 2.75) is 0 Å². The van der Waals surface area contributed by atoms with Gasteiger partial charge in [-0.1, -0.05) is 35.9 Å². The molecule has 116 valence electrons. The standard InChI is InChI=1S/C17H13ClN2O3/c18-13-7-8-15(12-5-2-1-4-11(12)13)23-10-16(22)20-17-14(21)6-3-9-19-17/h1-9,21H,10H2,(H,19,20,22).